The highest BCUT2D eigenvalue weighted by atomic mass is 19.1. The van der Waals surface area contributed by atoms with Crippen LogP contribution in [-0.2, 0) is 14.3 Å². The van der Waals surface area contributed by atoms with Gasteiger partial charge in [-0.3, -0.25) is 4.79 Å². The van der Waals surface area contributed by atoms with Gasteiger partial charge in [0.05, 0.1) is 0 Å². The molecule has 1 amide bonds. The van der Waals surface area contributed by atoms with E-state index >= 15 is 0 Å². The Morgan fingerprint density at radius 2 is 1.81 bits per heavy atom. The Morgan fingerprint density at radius 3 is 2.41 bits per heavy atom. The largest absolute Gasteiger partial charge is 0.482 e. The first kappa shape index (κ1) is 18.3. The van der Waals surface area contributed by atoms with Crippen LogP contribution in [0.3, 0.4) is 0 Å². The van der Waals surface area contributed by atoms with Gasteiger partial charge in [0.15, 0.2) is 12.7 Å². The van der Waals surface area contributed by atoms with Crippen molar-refractivity contribution in [1.82, 2.24) is 5.32 Å². The van der Waals surface area contributed by atoms with E-state index in [1.54, 1.807) is 13.0 Å². The molecule has 4 bridgehead atoms. The summed E-state index contributed by atoms with van der Waals surface area (Å²) in [6.07, 6.45) is 6.18. The number of esters is 1. The zero-order chi connectivity index (χ0) is 19.0. The molecule has 4 aliphatic carbocycles. The van der Waals surface area contributed by atoms with Gasteiger partial charge < -0.3 is 14.8 Å². The average molecular weight is 375 g/mol. The molecule has 5 rings (SSSR count). The predicted molar refractivity (Wildman–Crippen MR) is 96.5 cm³/mol. The molecule has 4 aliphatic rings. The fraction of sp³-hybridized carbons (Fsp3) is 0.619. The number of ether oxygens (including phenoxy) is 2. The SMILES string of the molecule is C[C@@H](OC(=O)COc1cccc(F)c1)C(=O)NC12CC3CC(CC(C3)C1)C2. The molecule has 1 atom stereocenters. The third-order valence-electron chi connectivity index (χ3n) is 6.26. The first-order valence-corrected chi connectivity index (χ1v) is 9.81. The van der Waals surface area contributed by atoms with E-state index in [0.29, 0.717) is 0 Å². The standard InChI is InChI=1S/C21H26FNO4/c1-13(27-19(24)12-26-18-4-2-3-17(22)8-18)20(25)23-21-9-14-5-15(10-21)7-16(6-14)11-21/h2-4,8,13-16H,5-7,9-12H2,1H3,(H,23,25)/t13-,14?,15?,16?,21?/m1/s1. The van der Waals surface area contributed by atoms with E-state index < -0.39 is 17.9 Å². The van der Waals surface area contributed by atoms with Gasteiger partial charge in [0.1, 0.15) is 11.6 Å². The molecule has 6 heteroatoms. The molecule has 0 aliphatic heterocycles. The third-order valence-corrected chi connectivity index (χ3v) is 6.26. The molecule has 5 nitrogen and oxygen atoms in total. The molecular formula is C21H26FNO4. The molecule has 0 saturated heterocycles. The minimum Gasteiger partial charge on any atom is -0.482 e. The molecule has 1 aromatic carbocycles. The topological polar surface area (TPSA) is 64.6 Å². The molecule has 4 fully saturated rings. The van der Waals surface area contributed by atoms with Crippen LogP contribution in [0.1, 0.15) is 45.4 Å². The number of benzene rings is 1. The van der Waals surface area contributed by atoms with Crippen molar-refractivity contribution < 1.29 is 23.5 Å². The third kappa shape index (κ3) is 4.09. The average Bonchev–Trinajstić information content (AvgIpc) is 2.58. The van der Waals surface area contributed by atoms with E-state index in [9.17, 15) is 14.0 Å². The first-order valence-electron chi connectivity index (χ1n) is 9.81. The monoisotopic (exact) mass is 375 g/mol. The molecule has 0 spiro atoms. The lowest BCUT2D eigenvalue weighted by Gasteiger charge is -2.57. The van der Waals surface area contributed by atoms with Gasteiger partial charge in [0, 0.05) is 11.6 Å². The molecule has 27 heavy (non-hydrogen) atoms. The molecule has 0 heterocycles. The van der Waals surface area contributed by atoms with E-state index in [0.717, 1.165) is 37.0 Å². The van der Waals surface area contributed by atoms with Crippen LogP contribution in [0, 0.1) is 23.6 Å². The molecule has 0 radical (unpaired) electrons. The zero-order valence-corrected chi connectivity index (χ0v) is 15.6. The van der Waals surface area contributed by atoms with Crippen molar-refractivity contribution in [2.45, 2.75) is 57.1 Å². The summed E-state index contributed by atoms with van der Waals surface area (Å²) in [6, 6.07) is 5.54. The molecular weight excluding hydrogens is 349 g/mol. The van der Waals surface area contributed by atoms with E-state index in [1.165, 1.54) is 37.5 Å². The van der Waals surface area contributed by atoms with Crippen LogP contribution < -0.4 is 10.1 Å². The molecule has 0 aromatic heterocycles. The van der Waals surface area contributed by atoms with E-state index in [2.05, 4.69) is 5.32 Å². The number of hydrogen-bond acceptors (Lipinski definition) is 4. The number of hydrogen-bond donors (Lipinski definition) is 1. The van der Waals surface area contributed by atoms with E-state index in [-0.39, 0.29) is 23.8 Å². The van der Waals surface area contributed by atoms with Gasteiger partial charge in [0.25, 0.3) is 5.91 Å². The lowest BCUT2D eigenvalue weighted by atomic mass is 9.53. The number of halogens is 1. The molecule has 146 valence electrons. The van der Waals surface area contributed by atoms with Gasteiger partial charge in [-0.25, -0.2) is 9.18 Å². The van der Waals surface area contributed by atoms with Crippen molar-refractivity contribution in [3.8, 4) is 5.75 Å². The number of amides is 1. The van der Waals surface area contributed by atoms with Crippen molar-refractivity contribution >= 4 is 11.9 Å². The zero-order valence-electron chi connectivity index (χ0n) is 15.6. The Morgan fingerprint density at radius 1 is 1.19 bits per heavy atom. The summed E-state index contributed by atoms with van der Waals surface area (Å²) in [5.41, 5.74) is -0.107. The van der Waals surface area contributed by atoms with Crippen molar-refractivity contribution in [1.29, 1.82) is 0 Å². The maximum Gasteiger partial charge on any atom is 0.344 e. The predicted octanol–water partition coefficient (Wildman–Crippen LogP) is 3.22. The van der Waals surface area contributed by atoms with E-state index in [1.807, 2.05) is 0 Å². The van der Waals surface area contributed by atoms with Crippen LogP contribution in [0.4, 0.5) is 4.39 Å². The first-order chi connectivity index (χ1) is 12.9. The van der Waals surface area contributed by atoms with Crippen LogP contribution in [0.2, 0.25) is 0 Å². The number of carbonyl (C=O) groups is 2. The normalized spacial score (nSPS) is 32.0. The maximum absolute atomic E-state index is 13.1. The number of nitrogens with one attached hydrogen (secondary N) is 1. The second kappa shape index (κ2) is 7.13. The smallest absolute Gasteiger partial charge is 0.344 e. The summed E-state index contributed by atoms with van der Waals surface area (Å²) in [5.74, 6) is 1.11. The fourth-order valence-corrected chi connectivity index (χ4v) is 5.61. The summed E-state index contributed by atoms with van der Waals surface area (Å²) in [5, 5.41) is 3.20. The maximum atomic E-state index is 13.1. The van der Waals surface area contributed by atoms with Crippen molar-refractivity contribution in [3.63, 3.8) is 0 Å². The number of rotatable bonds is 6. The summed E-state index contributed by atoms with van der Waals surface area (Å²) in [7, 11) is 0. The molecule has 1 N–H and O–H groups in total. The Kier molecular flexibility index (Phi) is 4.82. The highest BCUT2D eigenvalue weighted by molar-refractivity contribution is 5.84. The van der Waals surface area contributed by atoms with Gasteiger partial charge >= 0.3 is 5.97 Å². The van der Waals surface area contributed by atoms with Crippen LogP contribution in [0.5, 0.6) is 5.75 Å². The van der Waals surface area contributed by atoms with Crippen molar-refractivity contribution in [2.24, 2.45) is 17.8 Å². The Balaban J connectivity index is 1.27. The van der Waals surface area contributed by atoms with Crippen LogP contribution in [-0.4, -0.2) is 30.1 Å². The number of carbonyl (C=O) groups excluding carboxylic acids is 2. The lowest BCUT2D eigenvalue weighted by Crippen LogP contribution is -2.61. The molecule has 1 aromatic rings. The van der Waals surface area contributed by atoms with Crippen molar-refractivity contribution in [2.75, 3.05) is 6.61 Å². The summed E-state index contributed by atoms with van der Waals surface area (Å²) in [4.78, 5) is 24.6. The molecule has 0 unspecified atom stereocenters. The van der Waals surface area contributed by atoms with Crippen molar-refractivity contribution in [3.05, 3.63) is 30.1 Å². The molecule has 4 saturated carbocycles. The van der Waals surface area contributed by atoms with Crippen LogP contribution >= 0.6 is 0 Å². The minimum atomic E-state index is -0.874. The van der Waals surface area contributed by atoms with Crippen LogP contribution in [0.25, 0.3) is 0 Å². The van der Waals surface area contributed by atoms with Gasteiger partial charge in [-0.15, -0.1) is 0 Å². The highest BCUT2D eigenvalue weighted by Crippen LogP contribution is 2.55. The van der Waals surface area contributed by atoms with Gasteiger partial charge in [-0.05, 0) is 75.3 Å². The second-order valence-corrected chi connectivity index (χ2v) is 8.57. The summed E-state index contributed by atoms with van der Waals surface area (Å²) < 4.78 is 23.5. The van der Waals surface area contributed by atoms with E-state index in [4.69, 9.17) is 9.47 Å². The Labute approximate surface area is 158 Å². The second-order valence-electron chi connectivity index (χ2n) is 8.57. The fourth-order valence-electron chi connectivity index (χ4n) is 5.61. The lowest BCUT2D eigenvalue weighted by molar-refractivity contribution is -0.158. The Bertz CT molecular complexity index is 699. The van der Waals surface area contributed by atoms with Gasteiger partial charge in [0.2, 0.25) is 0 Å². The minimum absolute atomic E-state index is 0.107. The summed E-state index contributed by atoms with van der Waals surface area (Å²) >= 11 is 0. The quantitative estimate of drug-likeness (QED) is 0.776. The van der Waals surface area contributed by atoms with Gasteiger partial charge in [-0.2, -0.15) is 0 Å². The Hall–Kier alpha value is -2.11. The highest BCUT2D eigenvalue weighted by Gasteiger charge is 2.51. The van der Waals surface area contributed by atoms with Gasteiger partial charge in [-0.1, -0.05) is 6.07 Å². The summed E-state index contributed by atoms with van der Waals surface area (Å²) in [6.45, 7) is 1.22. The van der Waals surface area contributed by atoms with Crippen LogP contribution in [0.15, 0.2) is 24.3 Å².